The third kappa shape index (κ3) is 2.21. The molecule has 1 amide bonds. The van der Waals surface area contributed by atoms with Crippen molar-refractivity contribution in [3.63, 3.8) is 0 Å². The molecule has 6 heteroatoms. The van der Waals surface area contributed by atoms with E-state index >= 15 is 0 Å². The molecule has 1 aliphatic heterocycles. The number of hydrogen-bond acceptors (Lipinski definition) is 4. The molecule has 1 unspecified atom stereocenters. The first-order valence-corrected chi connectivity index (χ1v) is 5.62. The van der Waals surface area contributed by atoms with Gasteiger partial charge in [-0.3, -0.25) is 4.79 Å². The Morgan fingerprint density at radius 3 is 2.71 bits per heavy atom. The Morgan fingerprint density at radius 1 is 1.53 bits per heavy atom. The van der Waals surface area contributed by atoms with Gasteiger partial charge in [-0.15, -0.1) is 0 Å². The zero-order chi connectivity index (χ0) is 12.6. The maximum atomic E-state index is 11.7. The van der Waals surface area contributed by atoms with Crippen LogP contribution >= 0.6 is 12.6 Å². The predicted molar refractivity (Wildman–Crippen MR) is 67.6 cm³/mol. The van der Waals surface area contributed by atoms with Gasteiger partial charge in [0.15, 0.2) is 0 Å². The number of hydrogen-bond donors (Lipinski definition) is 3. The van der Waals surface area contributed by atoms with Gasteiger partial charge in [-0.2, -0.15) is 12.6 Å². The van der Waals surface area contributed by atoms with Crippen molar-refractivity contribution in [2.75, 3.05) is 17.2 Å². The molecule has 90 valence electrons. The Balaban J connectivity index is 2.34. The summed E-state index contributed by atoms with van der Waals surface area (Å²) in [6, 6.07) is 4.35. The molecule has 0 bridgehead atoms. The summed E-state index contributed by atoms with van der Waals surface area (Å²) in [5.41, 5.74) is 6.72. The van der Waals surface area contributed by atoms with Gasteiger partial charge < -0.3 is 15.7 Å². The first-order chi connectivity index (χ1) is 7.99. The highest BCUT2D eigenvalue weighted by molar-refractivity contribution is 7.81. The molecule has 0 radical (unpaired) electrons. The minimum Gasteiger partial charge on any atom is -0.478 e. The van der Waals surface area contributed by atoms with Gasteiger partial charge in [0.25, 0.3) is 0 Å². The number of nitrogen functional groups attached to an aromatic ring is 1. The van der Waals surface area contributed by atoms with Gasteiger partial charge in [-0.1, -0.05) is 0 Å². The van der Waals surface area contributed by atoms with E-state index in [0.717, 1.165) is 0 Å². The molecule has 1 aliphatic rings. The van der Waals surface area contributed by atoms with E-state index in [9.17, 15) is 9.59 Å². The van der Waals surface area contributed by atoms with Crippen LogP contribution in [0.1, 0.15) is 16.8 Å². The second kappa shape index (κ2) is 4.29. The molecule has 0 spiro atoms. The topological polar surface area (TPSA) is 83.6 Å². The third-order valence-corrected chi connectivity index (χ3v) is 3.02. The fourth-order valence-corrected chi connectivity index (χ4v) is 2.17. The van der Waals surface area contributed by atoms with Gasteiger partial charge in [0.05, 0.1) is 16.9 Å². The van der Waals surface area contributed by atoms with Crippen molar-refractivity contribution in [1.29, 1.82) is 0 Å². The lowest BCUT2D eigenvalue weighted by atomic mass is 10.1. The number of amides is 1. The summed E-state index contributed by atoms with van der Waals surface area (Å²) in [4.78, 5) is 24.0. The van der Waals surface area contributed by atoms with Crippen molar-refractivity contribution >= 4 is 35.9 Å². The number of benzene rings is 1. The molecule has 2 rings (SSSR count). The van der Waals surface area contributed by atoms with E-state index in [0.29, 0.717) is 24.3 Å². The van der Waals surface area contributed by atoms with Gasteiger partial charge in [-0.25, -0.2) is 4.79 Å². The Morgan fingerprint density at radius 2 is 2.24 bits per heavy atom. The Kier molecular flexibility index (Phi) is 2.97. The number of thiol groups is 1. The second-order valence-corrected chi connectivity index (χ2v) is 4.67. The molecule has 1 aromatic carbocycles. The Bertz CT molecular complexity index is 490. The van der Waals surface area contributed by atoms with Crippen LogP contribution in [0.25, 0.3) is 0 Å². The van der Waals surface area contributed by atoms with Crippen molar-refractivity contribution in [2.45, 2.75) is 11.7 Å². The van der Waals surface area contributed by atoms with E-state index in [1.807, 2.05) is 0 Å². The maximum Gasteiger partial charge on any atom is 0.335 e. The second-order valence-electron chi connectivity index (χ2n) is 3.94. The molecule has 0 aliphatic carbocycles. The van der Waals surface area contributed by atoms with Crippen LogP contribution in [0.5, 0.6) is 0 Å². The van der Waals surface area contributed by atoms with Crippen LogP contribution in [0.2, 0.25) is 0 Å². The highest BCUT2D eigenvalue weighted by Gasteiger charge is 2.29. The average molecular weight is 252 g/mol. The predicted octanol–water partition coefficient (Wildman–Crippen LogP) is 1.00. The van der Waals surface area contributed by atoms with Gasteiger partial charge in [-0.05, 0) is 18.2 Å². The summed E-state index contributed by atoms with van der Waals surface area (Å²) in [6.45, 7) is 0.499. The van der Waals surface area contributed by atoms with Gasteiger partial charge >= 0.3 is 5.97 Å². The van der Waals surface area contributed by atoms with Gasteiger partial charge in [0.2, 0.25) is 5.91 Å². The Hall–Kier alpha value is -1.69. The zero-order valence-electron chi connectivity index (χ0n) is 8.96. The lowest BCUT2D eigenvalue weighted by Gasteiger charge is -2.18. The molecule has 1 aromatic rings. The summed E-state index contributed by atoms with van der Waals surface area (Å²) in [6.07, 6.45) is 0.378. The third-order valence-electron chi connectivity index (χ3n) is 2.67. The average Bonchev–Trinajstić information content (AvgIpc) is 2.57. The van der Waals surface area contributed by atoms with E-state index in [1.165, 1.54) is 12.1 Å². The van der Waals surface area contributed by atoms with Crippen LogP contribution in [0, 0.1) is 0 Å². The van der Waals surface area contributed by atoms with E-state index in [-0.39, 0.29) is 16.7 Å². The highest BCUT2D eigenvalue weighted by Crippen LogP contribution is 2.29. The summed E-state index contributed by atoms with van der Waals surface area (Å²) in [7, 11) is 0. The summed E-state index contributed by atoms with van der Waals surface area (Å²) < 4.78 is 0. The summed E-state index contributed by atoms with van der Waals surface area (Å²) in [5.74, 6) is -1.08. The molecular formula is C11H12N2O3S. The summed E-state index contributed by atoms with van der Waals surface area (Å²) in [5, 5.41) is 8.81. The fraction of sp³-hybridized carbons (Fsp3) is 0.273. The highest BCUT2D eigenvalue weighted by atomic mass is 32.1. The molecule has 5 nitrogen and oxygen atoms in total. The van der Waals surface area contributed by atoms with E-state index in [2.05, 4.69) is 12.6 Å². The van der Waals surface area contributed by atoms with Crippen LogP contribution in [-0.2, 0) is 4.79 Å². The molecule has 1 atom stereocenters. The van der Waals surface area contributed by atoms with Gasteiger partial charge in [0.1, 0.15) is 0 Å². The lowest BCUT2D eigenvalue weighted by Crippen LogP contribution is -2.25. The van der Waals surface area contributed by atoms with Gasteiger partial charge in [0, 0.05) is 18.2 Å². The number of rotatable bonds is 2. The number of anilines is 2. The van der Waals surface area contributed by atoms with Crippen LogP contribution in [-0.4, -0.2) is 28.8 Å². The van der Waals surface area contributed by atoms with E-state index < -0.39 is 5.97 Å². The van der Waals surface area contributed by atoms with Crippen LogP contribution in [0.15, 0.2) is 18.2 Å². The monoisotopic (exact) mass is 252 g/mol. The normalized spacial score (nSPS) is 19.7. The molecule has 3 N–H and O–H groups in total. The van der Waals surface area contributed by atoms with Crippen LogP contribution in [0.3, 0.4) is 0 Å². The molecular weight excluding hydrogens is 240 g/mol. The Labute approximate surface area is 104 Å². The number of carboxylic acid groups (broad SMARTS) is 1. The van der Waals surface area contributed by atoms with E-state index in [4.69, 9.17) is 10.8 Å². The minimum absolute atomic E-state index is 0.000972. The number of carboxylic acids is 1. The quantitative estimate of drug-likeness (QED) is 0.541. The van der Waals surface area contributed by atoms with Crippen molar-refractivity contribution in [3.05, 3.63) is 23.8 Å². The molecule has 17 heavy (non-hydrogen) atoms. The fourth-order valence-electron chi connectivity index (χ4n) is 1.85. The van der Waals surface area contributed by atoms with Crippen LogP contribution < -0.4 is 10.6 Å². The standard InChI is InChI=1S/C11H12N2O3S/c12-8-3-6(11(15)16)1-2-9(8)13-5-7(17)4-10(13)14/h1-3,7,17H,4-5,12H2,(H,15,16). The number of carbonyl (C=O) groups is 2. The SMILES string of the molecule is Nc1cc(C(=O)O)ccc1N1CC(S)CC1=O. The van der Waals surface area contributed by atoms with Crippen LogP contribution in [0.4, 0.5) is 11.4 Å². The molecule has 0 saturated carbocycles. The molecule has 1 fully saturated rings. The number of aromatic carboxylic acids is 1. The maximum absolute atomic E-state index is 11.7. The molecule has 1 heterocycles. The minimum atomic E-state index is -1.04. The largest absolute Gasteiger partial charge is 0.478 e. The number of nitrogens with zero attached hydrogens (tertiary/aromatic N) is 1. The molecule has 1 saturated heterocycles. The summed E-state index contributed by atoms with van der Waals surface area (Å²) >= 11 is 4.25. The zero-order valence-corrected chi connectivity index (χ0v) is 9.85. The first-order valence-electron chi connectivity index (χ1n) is 5.10. The van der Waals surface area contributed by atoms with Crippen molar-refractivity contribution in [3.8, 4) is 0 Å². The number of carbonyl (C=O) groups excluding carboxylic acids is 1. The van der Waals surface area contributed by atoms with E-state index in [1.54, 1.807) is 11.0 Å². The van der Waals surface area contributed by atoms with Crippen molar-refractivity contribution in [1.82, 2.24) is 0 Å². The lowest BCUT2D eigenvalue weighted by molar-refractivity contribution is -0.117. The molecule has 0 aromatic heterocycles. The van der Waals surface area contributed by atoms with Crippen molar-refractivity contribution < 1.29 is 14.7 Å². The first kappa shape index (κ1) is 11.8. The van der Waals surface area contributed by atoms with Crippen molar-refractivity contribution in [2.24, 2.45) is 0 Å². The smallest absolute Gasteiger partial charge is 0.335 e. The number of nitrogens with two attached hydrogens (primary N) is 1.